The van der Waals surface area contributed by atoms with Crippen molar-refractivity contribution in [2.24, 2.45) is 0 Å². The Balaban J connectivity index is 1.89. The summed E-state index contributed by atoms with van der Waals surface area (Å²) in [4.78, 5) is 13.3. The molecule has 1 fully saturated rings. The van der Waals surface area contributed by atoms with E-state index in [1.165, 1.54) is 30.4 Å². The van der Waals surface area contributed by atoms with Crippen LogP contribution in [0.25, 0.3) is 11.6 Å². The molecule has 4 rings (SSSR count). The summed E-state index contributed by atoms with van der Waals surface area (Å²) in [5, 5.41) is 10.0. The topological polar surface area (TPSA) is 79.4 Å². The third kappa shape index (κ3) is 1.44. The van der Waals surface area contributed by atoms with Crippen LogP contribution in [0.4, 0.5) is 0 Å². The second-order valence-electron chi connectivity index (χ2n) is 4.57. The number of aromatic amines is 1. The van der Waals surface area contributed by atoms with Crippen LogP contribution in [-0.2, 0) is 13.1 Å². The summed E-state index contributed by atoms with van der Waals surface area (Å²) in [5.41, 5.74) is 3.63. The first-order valence-electron chi connectivity index (χ1n) is 5.88. The minimum atomic E-state index is 0.633. The van der Waals surface area contributed by atoms with Crippen LogP contribution >= 0.6 is 0 Å². The van der Waals surface area contributed by atoms with Crippen LogP contribution in [0.1, 0.15) is 35.7 Å². The SMILES string of the molecule is c1n[nH]c(-c2nc3c(c(C4CC4)n2)CNC3)n1. The Kier molecular flexibility index (Phi) is 1.81. The fourth-order valence-electron chi connectivity index (χ4n) is 2.31. The number of rotatable bonds is 2. The van der Waals surface area contributed by atoms with E-state index in [-0.39, 0.29) is 0 Å². The molecule has 1 saturated carbocycles. The van der Waals surface area contributed by atoms with Crippen molar-refractivity contribution in [3.63, 3.8) is 0 Å². The zero-order valence-corrected chi connectivity index (χ0v) is 9.27. The Morgan fingerprint density at radius 3 is 2.88 bits per heavy atom. The summed E-state index contributed by atoms with van der Waals surface area (Å²) >= 11 is 0. The second kappa shape index (κ2) is 3.33. The number of fused-ring (bicyclic) bond motifs is 1. The fraction of sp³-hybridized carbons (Fsp3) is 0.455. The Labute approximate surface area is 97.9 Å². The average molecular weight is 228 g/mol. The molecule has 0 spiro atoms. The summed E-state index contributed by atoms with van der Waals surface area (Å²) < 4.78 is 0. The molecule has 0 saturated heterocycles. The summed E-state index contributed by atoms with van der Waals surface area (Å²) in [7, 11) is 0. The van der Waals surface area contributed by atoms with Gasteiger partial charge in [0.15, 0.2) is 11.6 Å². The van der Waals surface area contributed by atoms with E-state index in [4.69, 9.17) is 0 Å². The molecule has 2 aromatic rings. The van der Waals surface area contributed by atoms with Crippen LogP contribution in [-0.4, -0.2) is 25.1 Å². The molecule has 3 heterocycles. The molecular formula is C11H12N6. The Hall–Kier alpha value is -1.82. The molecule has 2 aromatic heterocycles. The number of aromatic nitrogens is 5. The summed E-state index contributed by atoms with van der Waals surface area (Å²) in [6, 6.07) is 0. The fourth-order valence-corrected chi connectivity index (χ4v) is 2.31. The van der Waals surface area contributed by atoms with Gasteiger partial charge in [-0.15, -0.1) is 0 Å². The third-order valence-corrected chi connectivity index (χ3v) is 3.31. The molecule has 0 unspecified atom stereocenters. The molecule has 86 valence electrons. The molecule has 1 aliphatic heterocycles. The van der Waals surface area contributed by atoms with Gasteiger partial charge in [-0.3, -0.25) is 5.10 Å². The van der Waals surface area contributed by atoms with Crippen molar-refractivity contribution in [1.82, 2.24) is 30.5 Å². The highest BCUT2D eigenvalue weighted by molar-refractivity contribution is 5.46. The van der Waals surface area contributed by atoms with Gasteiger partial charge in [0, 0.05) is 24.6 Å². The van der Waals surface area contributed by atoms with Gasteiger partial charge in [-0.1, -0.05) is 0 Å². The number of hydrogen-bond acceptors (Lipinski definition) is 5. The van der Waals surface area contributed by atoms with Crippen LogP contribution in [0, 0.1) is 0 Å². The molecule has 0 atom stereocenters. The van der Waals surface area contributed by atoms with Gasteiger partial charge in [0.05, 0.1) is 11.4 Å². The predicted molar refractivity (Wildman–Crippen MR) is 59.9 cm³/mol. The smallest absolute Gasteiger partial charge is 0.197 e. The van der Waals surface area contributed by atoms with E-state index in [1.54, 1.807) is 0 Å². The minimum absolute atomic E-state index is 0.633. The quantitative estimate of drug-likeness (QED) is 0.792. The number of hydrogen-bond donors (Lipinski definition) is 2. The van der Waals surface area contributed by atoms with Crippen molar-refractivity contribution in [1.29, 1.82) is 0 Å². The van der Waals surface area contributed by atoms with Crippen molar-refractivity contribution < 1.29 is 0 Å². The van der Waals surface area contributed by atoms with Gasteiger partial charge in [0.1, 0.15) is 6.33 Å². The van der Waals surface area contributed by atoms with Crippen molar-refractivity contribution in [2.45, 2.75) is 31.8 Å². The molecule has 6 nitrogen and oxygen atoms in total. The lowest BCUT2D eigenvalue weighted by atomic mass is 10.1. The van der Waals surface area contributed by atoms with Crippen LogP contribution in [0.15, 0.2) is 6.33 Å². The monoisotopic (exact) mass is 228 g/mol. The molecule has 0 aromatic carbocycles. The molecule has 2 N–H and O–H groups in total. The highest BCUT2D eigenvalue weighted by atomic mass is 15.2. The zero-order valence-electron chi connectivity index (χ0n) is 9.27. The van der Waals surface area contributed by atoms with Crippen molar-refractivity contribution in [3.05, 3.63) is 23.3 Å². The first-order valence-corrected chi connectivity index (χ1v) is 5.88. The number of nitrogens with one attached hydrogen (secondary N) is 2. The molecule has 6 heteroatoms. The molecule has 0 radical (unpaired) electrons. The van der Waals surface area contributed by atoms with Gasteiger partial charge in [-0.25, -0.2) is 15.0 Å². The molecule has 0 bridgehead atoms. The third-order valence-electron chi connectivity index (χ3n) is 3.31. The van der Waals surface area contributed by atoms with E-state index in [2.05, 4.69) is 30.5 Å². The van der Waals surface area contributed by atoms with Crippen LogP contribution in [0.5, 0.6) is 0 Å². The molecule has 2 aliphatic rings. The van der Waals surface area contributed by atoms with Crippen LogP contribution in [0.2, 0.25) is 0 Å². The lowest BCUT2D eigenvalue weighted by molar-refractivity contribution is 0.755. The molecular weight excluding hydrogens is 216 g/mol. The van der Waals surface area contributed by atoms with Crippen LogP contribution in [0.3, 0.4) is 0 Å². The first kappa shape index (κ1) is 9.23. The predicted octanol–water partition coefficient (Wildman–Crippen LogP) is 0.742. The largest absolute Gasteiger partial charge is 0.307 e. The van der Waals surface area contributed by atoms with E-state index in [0.29, 0.717) is 17.6 Å². The Bertz CT molecular complexity index is 558. The van der Waals surface area contributed by atoms with E-state index in [9.17, 15) is 0 Å². The summed E-state index contributed by atoms with van der Waals surface area (Å²) in [6.07, 6.45) is 3.99. The minimum Gasteiger partial charge on any atom is -0.307 e. The maximum absolute atomic E-state index is 4.66. The van der Waals surface area contributed by atoms with Gasteiger partial charge in [0.25, 0.3) is 0 Å². The highest BCUT2D eigenvalue weighted by Gasteiger charge is 2.31. The normalized spacial score (nSPS) is 18.4. The summed E-state index contributed by atoms with van der Waals surface area (Å²) in [6.45, 7) is 1.73. The van der Waals surface area contributed by atoms with E-state index < -0.39 is 0 Å². The molecule has 0 amide bonds. The van der Waals surface area contributed by atoms with Gasteiger partial charge >= 0.3 is 0 Å². The van der Waals surface area contributed by atoms with Gasteiger partial charge in [-0.2, -0.15) is 5.10 Å². The number of nitrogens with zero attached hydrogens (tertiary/aromatic N) is 4. The second-order valence-corrected chi connectivity index (χ2v) is 4.57. The van der Waals surface area contributed by atoms with Gasteiger partial charge in [0.2, 0.25) is 0 Å². The van der Waals surface area contributed by atoms with Crippen molar-refractivity contribution >= 4 is 0 Å². The highest BCUT2D eigenvalue weighted by Crippen LogP contribution is 2.42. The van der Waals surface area contributed by atoms with Crippen LogP contribution < -0.4 is 5.32 Å². The maximum Gasteiger partial charge on any atom is 0.197 e. The maximum atomic E-state index is 4.66. The lowest BCUT2D eigenvalue weighted by Crippen LogP contribution is -2.03. The Morgan fingerprint density at radius 1 is 1.18 bits per heavy atom. The van der Waals surface area contributed by atoms with Gasteiger partial charge < -0.3 is 5.32 Å². The molecule has 17 heavy (non-hydrogen) atoms. The molecule has 1 aliphatic carbocycles. The van der Waals surface area contributed by atoms with E-state index in [0.717, 1.165) is 18.8 Å². The summed E-state index contributed by atoms with van der Waals surface area (Å²) in [5.74, 6) is 1.96. The number of H-pyrrole nitrogens is 1. The van der Waals surface area contributed by atoms with E-state index in [1.807, 2.05) is 0 Å². The zero-order chi connectivity index (χ0) is 11.2. The van der Waals surface area contributed by atoms with Crippen molar-refractivity contribution in [2.75, 3.05) is 0 Å². The first-order chi connectivity index (χ1) is 8.42. The van der Waals surface area contributed by atoms with Crippen molar-refractivity contribution in [3.8, 4) is 11.6 Å². The standard InChI is InChI=1S/C11H12N6/c1-2-6(1)9-7-3-12-4-8(7)15-11(16-9)10-13-5-14-17-10/h5-6,12H,1-4H2,(H,13,14,17). The Morgan fingerprint density at radius 2 is 2.12 bits per heavy atom. The lowest BCUT2D eigenvalue weighted by Gasteiger charge is -2.06. The van der Waals surface area contributed by atoms with Gasteiger partial charge in [-0.05, 0) is 12.8 Å². The average Bonchev–Trinajstić information content (AvgIpc) is 2.88. The van der Waals surface area contributed by atoms with E-state index >= 15 is 0 Å².